The molecule has 1 aromatic carbocycles. The molecule has 0 saturated heterocycles. The monoisotopic (exact) mass is 313 g/mol. The maximum atomic E-state index is 11.1. The van der Waals surface area contributed by atoms with Gasteiger partial charge >= 0.3 is 0 Å². The summed E-state index contributed by atoms with van der Waals surface area (Å²) in [6, 6.07) is 6.18. The van der Waals surface area contributed by atoms with E-state index >= 15 is 0 Å². The fourth-order valence-electron chi connectivity index (χ4n) is 2.32. The van der Waals surface area contributed by atoms with E-state index in [9.17, 15) is 8.42 Å². The van der Waals surface area contributed by atoms with E-state index in [1.54, 1.807) is 0 Å². The summed E-state index contributed by atoms with van der Waals surface area (Å²) in [5.74, 6) is 1.40. The van der Waals surface area contributed by atoms with Gasteiger partial charge in [0.25, 0.3) is 0 Å². The van der Waals surface area contributed by atoms with E-state index in [4.69, 9.17) is 9.88 Å². The fraction of sp³-hybridized carbons (Fsp3) is 0.625. The molecule has 1 aromatic rings. The molecular formula is C16H27NO3S. The van der Waals surface area contributed by atoms with E-state index in [1.807, 2.05) is 13.0 Å². The van der Waals surface area contributed by atoms with Gasteiger partial charge in [-0.25, -0.2) is 13.6 Å². The molecule has 2 N–H and O–H groups in total. The highest BCUT2D eigenvalue weighted by Gasteiger charge is 2.17. The number of primary sulfonamides is 1. The second-order valence-corrected chi connectivity index (χ2v) is 7.98. The number of ether oxygens (including phenoxy) is 1. The zero-order valence-corrected chi connectivity index (χ0v) is 14.4. The SMILES string of the molecule is CC(COc1c(C(C)C)cccc1C(C)C)CS(N)(=O)=O. The van der Waals surface area contributed by atoms with Crippen molar-refractivity contribution in [3.63, 3.8) is 0 Å². The fourth-order valence-corrected chi connectivity index (χ4v) is 3.21. The Hall–Kier alpha value is -1.07. The first-order valence-electron chi connectivity index (χ1n) is 7.38. The molecule has 120 valence electrons. The minimum atomic E-state index is -3.46. The number of hydrogen-bond donors (Lipinski definition) is 1. The predicted molar refractivity (Wildman–Crippen MR) is 87.3 cm³/mol. The van der Waals surface area contributed by atoms with Crippen LogP contribution in [0.2, 0.25) is 0 Å². The van der Waals surface area contributed by atoms with Crippen LogP contribution in [0.15, 0.2) is 18.2 Å². The lowest BCUT2D eigenvalue weighted by molar-refractivity contribution is 0.265. The maximum Gasteiger partial charge on any atom is 0.209 e. The Kier molecular flexibility index (Phi) is 6.23. The average molecular weight is 313 g/mol. The minimum Gasteiger partial charge on any atom is -0.493 e. The van der Waals surface area contributed by atoms with Crippen molar-refractivity contribution in [1.82, 2.24) is 0 Å². The van der Waals surface area contributed by atoms with E-state index in [2.05, 4.69) is 39.8 Å². The van der Waals surface area contributed by atoms with Crippen LogP contribution in [0, 0.1) is 5.92 Å². The summed E-state index contributed by atoms with van der Waals surface area (Å²) in [6.07, 6.45) is 0. The molecule has 0 heterocycles. The maximum absolute atomic E-state index is 11.1. The smallest absolute Gasteiger partial charge is 0.209 e. The van der Waals surface area contributed by atoms with Gasteiger partial charge in [0.15, 0.2) is 0 Å². The van der Waals surface area contributed by atoms with Crippen molar-refractivity contribution in [1.29, 1.82) is 0 Å². The van der Waals surface area contributed by atoms with Crippen molar-refractivity contribution in [3.05, 3.63) is 29.3 Å². The van der Waals surface area contributed by atoms with Crippen LogP contribution < -0.4 is 9.88 Å². The largest absolute Gasteiger partial charge is 0.493 e. The quantitative estimate of drug-likeness (QED) is 0.840. The summed E-state index contributed by atoms with van der Waals surface area (Å²) < 4.78 is 28.2. The van der Waals surface area contributed by atoms with E-state index in [0.717, 1.165) is 16.9 Å². The number of hydrogen-bond acceptors (Lipinski definition) is 3. The Morgan fingerprint density at radius 2 is 1.52 bits per heavy atom. The highest BCUT2D eigenvalue weighted by molar-refractivity contribution is 7.89. The van der Waals surface area contributed by atoms with Gasteiger partial charge in [0.2, 0.25) is 10.0 Å². The molecule has 0 radical (unpaired) electrons. The molecule has 0 saturated carbocycles. The van der Waals surface area contributed by atoms with Gasteiger partial charge in [0.1, 0.15) is 5.75 Å². The zero-order chi connectivity index (χ0) is 16.2. The third kappa shape index (κ3) is 5.67. The molecule has 4 nitrogen and oxygen atoms in total. The van der Waals surface area contributed by atoms with Gasteiger partial charge in [0.05, 0.1) is 12.4 Å². The van der Waals surface area contributed by atoms with Crippen molar-refractivity contribution < 1.29 is 13.2 Å². The summed E-state index contributed by atoms with van der Waals surface area (Å²) in [7, 11) is -3.46. The third-order valence-corrected chi connectivity index (χ3v) is 4.38. The average Bonchev–Trinajstić information content (AvgIpc) is 2.33. The summed E-state index contributed by atoms with van der Waals surface area (Å²) in [5, 5.41) is 5.08. The lowest BCUT2D eigenvalue weighted by Crippen LogP contribution is -2.25. The molecule has 0 aliphatic heterocycles. The van der Waals surface area contributed by atoms with Crippen LogP contribution in [0.25, 0.3) is 0 Å². The van der Waals surface area contributed by atoms with Crippen LogP contribution in [0.3, 0.4) is 0 Å². The molecule has 0 spiro atoms. The number of nitrogens with two attached hydrogens (primary N) is 1. The number of sulfonamides is 1. The van der Waals surface area contributed by atoms with Crippen LogP contribution in [0.1, 0.15) is 57.6 Å². The lowest BCUT2D eigenvalue weighted by Gasteiger charge is -2.21. The minimum absolute atomic E-state index is 0.0616. The van der Waals surface area contributed by atoms with Crippen molar-refractivity contribution in [2.75, 3.05) is 12.4 Å². The van der Waals surface area contributed by atoms with Crippen molar-refractivity contribution >= 4 is 10.0 Å². The molecule has 21 heavy (non-hydrogen) atoms. The van der Waals surface area contributed by atoms with Gasteiger partial charge in [-0.2, -0.15) is 0 Å². The molecule has 1 unspecified atom stereocenters. The van der Waals surface area contributed by atoms with E-state index in [1.165, 1.54) is 0 Å². The highest BCUT2D eigenvalue weighted by atomic mass is 32.2. The third-order valence-electron chi connectivity index (χ3n) is 3.35. The molecule has 1 atom stereocenters. The molecule has 0 aliphatic carbocycles. The second kappa shape index (κ2) is 7.27. The number of benzene rings is 1. The van der Waals surface area contributed by atoms with Crippen molar-refractivity contribution in [2.24, 2.45) is 11.1 Å². The Morgan fingerprint density at radius 3 is 1.90 bits per heavy atom. The van der Waals surface area contributed by atoms with Crippen LogP contribution in [0.4, 0.5) is 0 Å². The van der Waals surface area contributed by atoms with Crippen LogP contribution >= 0.6 is 0 Å². The standard InChI is InChI=1S/C16H27NO3S/c1-11(2)14-7-6-8-15(12(3)4)16(14)20-9-13(5)10-21(17,18)19/h6-8,11-13H,9-10H2,1-5H3,(H2,17,18,19). The van der Waals surface area contributed by atoms with Gasteiger partial charge in [-0.05, 0) is 23.0 Å². The molecule has 5 heteroatoms. The Morgan fingerprint density at radius 1 is 1.05 bits per heavy atom. The summed E-state index contributed by atoms with van der Waals surface area (Å²) in [6.45, 7) is 10.7. The van der Waals surface area contributed by atoms with Gasteiger partial charge in [-0.15, -0.1) is 0 Å². The summed E-state index contributed by atoms with van der Waals surface area (Å²) in [4.78, 5) is 0. The summed E-state index contributed by atoms with van der Waals surface area (Å²) in [5.41, 5.74) is 2.31. The Bertz CT molecular complexity index is 539. The Balaban J connectivity index is 2.95. The van der Waals surface area contributed by atoms with Gasteiger partial charge in [-0.1, -0.05) is 52.8 Å². The van der Waals surface area contributed by atoms with Gasteiger partial charge in [0, 0.05) is 5.92 Å². The normalized spacial score (nSPS) is 13.7. The molecule has 0 amide bonds. The lowest BCUT2D eigenvalue weighted by atomic mass is 9.94. The van der Waals surface area contributed by atoms with Crippen LogP contribution in [-0.2, 0) is 10.0 Å². The molecule has 1 rings (SSSR count). The predicted octanol–water partition coefficient (Wildman–Crippen LogP) is 3.24. The summed E-state index contributed by atoms with van der Waals surface area (Å²) >= 11 is 0. The van der Waals surface area contributed by atoms with E-state index in [0.29, 0.717) is 18.4 Å². The van der Waals surface area contributed by atoms with E-state index < -0.39 is 10.0 Å². The van der Waals surface area contributed by atoms with E-state index in [-0.39, 0.29) is 11.7 Å². The van der Waals surface area contributed by atoms with Gasteiger partial charge < -0.3 is 4.74 Å². The number of rotatable bonds is 7. The van der Waals surface area contributed by atoms with Crippen LogP contribution in [-0.4, -0.2) is 20.8 Å². The van der Waals surface area contributed by atoms with Crippen molar-refractivity contribution in [2.45, 2.75) is 46.5 Å². The molecule has 0 fully saturated rings. The Labute approximate surface area is 128 Å². The first kappa shape index (κ1) is 18.0. The second-order valence-electron chi connectivity index (χ2n) is 6.32. The molecule has 0 aromatic heterocycles. The van der Waals surface area contributed by atoms with Crippen molar-refractivity contribution in [3.8, 4) is 5.75 Å². The first-order chi connectivity index (χ1) is 9.61. The highest BCUT2D eigenvalue weighted by Crippen LogP contribution is 2.34. The molecule has 0 bridgehead atoms. The zero-order valence-electron chi connectivity index (χ0n) is 13.6. The topological polar surface area (TPSA) is 69.4 Å². The molecular weight excluding hydrogens is 286 g/mol. The van der Waals surface area contributed by atoms with Crippen LogP contribution in [0.5, 0.6) is 5.75 Å². The molecule has 0 aliphatic rings. The van der Waals surface area contributed by atoms with Gasteiger partial charge in [-0.3, -0.25) is 0 Å². The first-order valence-corrected chi connectivity index (χ1v) is 9.09. The number of para-hydroxylation sites is 1.